The Morgan fingerprint density at radius 3 is 2.75 bits per heavy atom. The van der Waals surface area contributed by atoms with Crippen molar-refractivity contribution in [3.63, 3.8) is 0 Å². The van der Waals surface area contributed by atoms with E-state index < -0.39 is 5.97 Å². The van der Waals surface area contributed by atoms with Gasteiger partial charge in [0.05, 0.1) is 5.69 Å². The monoisotopic (exact) mass is 293 g/mol. The summed E-state index contributed by atoms with van der Waals surface area (Å²) in [6, 6.07) is 3.63. The second kappa shape index (κ2) is 5.46. The zero-order valence-corrected chi connectivity index (χ0v) is 12.2. The van der Waals surface area contributed by atoms with Crippen molar-refractivity contribution in [1.29, 1.82) is 0 Å². The largest absolute Gasteiger partial charge is 0.478 e. The van der Waals surface area contributed by atoms with Gasteiger partial charge in [-0.05, 0) is 44.4 Å². The van der Waals surface area contributed by atoms with Gasteiger partial charge in [0, 0.05) is 12.2 Å². The second-order valence-electron chi connectivity index (χ2n) is 4.63. The van der Waals surface area contributed by atoms with Gasteiger partial charge in [-0.3, -0.25) is 4.79 Å². The van der Waals surface area contributed by atoms with Crippen molar-refractivity contribution in [3.05, 3.63) is 35.3 Å². The minimum absolute atomic E-state index is 0.0472. The first-order chi connectivity index (χ1) is 9.41. The van der Waals surface area contributed by atoms with Crippen LogP contribution in [0.15, 0.2) is 18.3 Å². The fraction of sp³-hybridized carbons (Fsp3) is 0.308. The van der Waals surface area contributed by atoms with Gasteiger partial charge in [0.1, 0.15) is 16.3 Å². The first-order valence-electron chi connectivity index (χ1n) is 6.09. The lowest BCUT2D eigenvalue weighted by Crippen LogP contribution is -2.18. The third kappa shape index (κ3) is 2.57. The highest BCUT2D eigenvalue weighted by Crippen LogP contribution is 2.25. The maximum atomic E-state index is 12.2. The Balaban J connectivity index is 2.29. The van der Waals surface area contributed by atoms with Crippen LogP contribution in [0.25, 0.3) is 0 Å². The van der Waals surface area contributed by atoms with Crippen LogP contribution in [0.2, 0.25) is 0 Å². The number of carboxylic acid groups (broad SMARTS) is 1. The van der Waals surface area contributed by atoms with Gasteiger partial charge in [-0.25, -0.2) is 4.79 Å². The smallest absolute Gasteiger partial charge is 0.340 e. The average Bonchev–Trinajstić information content (AvgIpc) is 2.95. The first kappa shape index (κ1) is 14.3. The van der Waals surface area contributed by atoms with Gasteiger partial charge in [-0.1, -0.05) is 0 Å². The lowest BCUT2D eigenvalue weighted by atomic mass is 10.2. The molecule has 0 aliphatic heterocycles. The standard InChI is InChI=1S/C13H15N3O3S/c1-7(2)16-6-4-5-9(16)11(17)14-12-10(13(18)19)8(3)15-20-12/h4-7H,1-3H3,(H,14,17)(H,18,19). The molecule has 0 saturated heterocycles. The van der Waals surface area contributed by atoms with Crippen LogP contribution in [-0.2, 0) is 0 Å². The second-order valence-corrected chi connectivity index (χ2v) is 5.40. The molecule has 0 aliphatic carbocycles. The minimum Gasteiger partial charge on any atom is -0.478 e. The van der Waals surface area contributed by atoms with Crippen LogP contribution in [0.5, 0.6) is 0 Å². The highest BCUT2D eigenvalue weighted by atomic mass is 32.1. The van der Waals surface area contributed by atoms with Gasteiger partial charge < -0.3 is 15.0 Å². The lowest BCUT2D eigenvalue weighted by Gasteiger charge is -2.12. The number of aromatic carboxylic acids is 1. The summed E-state index contributed by atoms with van der Waals surface area (Å²) in [4.78, 5) is 23.4. The van der Waals surface area contributed by atoms with Gasteiger partial charge in [-0.15, -0.1) is 0 Å². The molecule has 0 atom stereocenters. The molecule has 20 heavy (non-hydrogen) atoms. The zero-order valence-electron chi connectivity index (χ0n) is 11.4. The fourth-order valence-electron chi connectivity index (χ4n) is 1.91. The number of amides is 1. The van der Waals surface area contributed by atoms with E-state index in [4.69, 9.17) is 5.11 Å². The number of hydrogen-bond donors (Lipinski definition) is 2. The molecule has 2 heterocycles. The van der Waals surface area contributed by atoms with E-state index in [-0.39, 0.29) is 22.5 Å². The summed E-state index contributed by atoms with van der Waals surface area (Å²) in [5.41, 5.74) is 0.936. The number of rotatable bonds is 4. The SMILES string of the molecule is Cc1nsc(NC(=O)c2cccn2C(C)C)c1C(=O)O. The molecule has 0 aliphatic rings. The fourth-order valence-corrected chi connectivity index (χ4v) is 2.69. The van der Waals surface area contributed by atoms with Crippen LogP contribution in [0.4, 0.5) is 5.00 Å². The summed E-state index contributed by atoms with van der Waals surface area (Å²) in [5, 5.41) is 12.0. The Hall–Kier alpha value is -2.15. The highest BCUT2D eigenvalue weighted by Gasteiger charge is 2.21. The number of nitrogens with one attached hydrogen (secondary N) is 1. The summed E-state index contributed by atoms with van der Waals surface area (Å²) in [5.74, 6) is -1.43. The Kier molecular flexibility index (Phi) is 3.89. The van der Waals surface area contributed by atoms with Gasteiger partial charge >= 0.3 is 5.97 Å². The normalized spacial score (nSPS) is 10.8. The average molecular weight is 293 g/mol. The van der Waals surface area contributed by atoms with Crippen molar-refractivity contribution in [2.24, 2.45) is 0 Å². The summed E-state index contributed by atoms with van der Waals surface area (Å²) < 4.78 is 5.79. The lowest BCUT2D eigenvalue weighted by molar-refractivity contribution is 0.0697. The molecule has 0 bridgehead atoms. The number of carbonyl (C=O) groups excluding carboxylic acids is 1. The third-order valence-electron chi connectivity index (χ3n) is 2.87. The van der Waals surface area contributed by atoms with Crippen molar-refractivity contribution in [2.45, 2.75) is 26.8 Å². The first-order valence-corrected chi connectivity index (χ1v) is 6.87. The van der Waals surface area contributed by atoms with Crippen LogP contribution in [0.1, 0.15) is 46.4 Å². The summed E-state index contributed by atoms with van der Waals surface area (Å²) in [7, 11) is 0. The number of carboxylic acids is 1. The van der Waals surface area contributed by atoms with E-state index in [0.717, 1.165) is 11.5 Å². The molecule has 2 aromatic heterocycles. The maximum absolute atomic E-state index is 12.2. The predicted molar refractivity (Wildman–Crippen MR) is 76.6 cm³/mol. The third-order valence-corrected chi connectivity index (χ3v) is 3.73. The Morgan fingerprint density at radius 2 is 2.15 bits per heavy atom. The van der Waals surface area contributed by atoms with Crippen LogP contribution in [0.3, 0.4) is 0 Å². The van der Waals surface area contributed by atoms with Gasteiger partial charge in [0.2, 0.25) is 0 Å². The van der Waals surface area contributed by atoms with E-state index >= 15 is 0 Å². The molecule has 2 N–H and O–H groups in total. The minimum atomic E-state index is -1.09. The summed E-state index contributed by atoms with van der Waals surface area (Å²) >= 11 is 0.972. The van der Waals surface area contributed by atoms with E-state index in [1.165, 1.54) is 0 Å². The van der Waals surface area contributed by atoms with E-state index in [9.17, 15) is 9.59 Å². The molecule has 106 valence electrons. The zero-order chi connectivity index (χ0) is 14.9. The van der Waals surface area contributed by atoms with Crippen LogP contribution in [-0.4, -0.2) is 25.9 Å². The molecule has 2 aromatic rings. The van der Waals surface area contributed by atoms with E-state index in [1.807, 2.05) is 24.6 Å². The maximum Gasteiger partial charge on any atom is 0.340 e. The van der Waals surface area contributed by atoms with E-state index in [1.54, 1.807) is 19.1 Å². The molecular weight excluding hydrogens is 278 g/mol. The number of hydrogen-bond acceptors (Lipinski definition) is 4. The van der Waals surface area contributed by atoms with Crippen molar-refractivity contribution >= 4 is 28.4 Å². The van der Waals surface area contributed by atoms with Crippen molar-refractivity contribution in [2.75, 3.05) is 5.32 Å². The molecule has 2 rings (SSSR count). The van der Waals surface area contributed by atoms with Gasteiger partial charge in [-0.2, -0.15) is 4.37 Å². The molecular formula is C13H15N3O3S. The molecule has 0 unspecified atom stereocenters. The summed E-state index contributed by atoms with van der Waals surface area (Å²) in [6.07, 6.45) is 1.82. The number of carbonyl (C=O) groups is 2. The molecule has 0 fully saturated rings. The molecule has 0 radical (unpaired) electrons. The van der Waals surface area contributed by atoms with E-state index in [0.29, 0.717) is 11.4 Å². The number of aromatic nitrogens is 2. The molecule has 0 aromatic carbocycles. The molecule has 6 nitrogen and oxygen atoms in total. The number of aryl methyl sites for hydroxylation is 1. The van der Waals surface area contributed by atoms with E-state index in [2.05, 4.69) is 9.69 Å². The molecule has 0 spiro atoms. The molecule has 0 saturated carbocycles. The van der Waals surface area contributed by atoms with Crippen LogP contribution < -0.4 is 5.32 Å². The highest BCUT2D eigenvalue weighted by molar-refractivity contribution is 7.11. The van der Waals surface area contributed by atoms with Gasteiger partial charge in [0.25, 0.3) is 5.91 Å². The Labute approximate surface area is 120 Å². The van der Waals surface area contributed by atoms with Crippen molar-refractivity contribution in [3.8, 4) is 0 Å². The van der Waals surface area contributed by atoms with Crippen molar-refractivity contribution < 1.29 is 14.7 Å². The molecule has 7 heteroatoms. The predicted octanol–water partition coefficient (Wildman–Crippen LogP) is 2.78. The van der Waals surface area contributed by atoms with Crippen molar-refractivity contribution in [1.82, 2.24) is 8.94 Å². The molecule has 1 amide bonds. The number of anilines is 1. The van der Waals surface area contributed by atoms with Gasteiger partial charge in [0.15, 0.2) is 0 Å². The quantitative estimate of drug-likeness (QED) is 0.907. The Bertz CT molecular complexity index is 658. The topological polar surface area (TPSA) is 84.2 Å². The number of nitrogens with zero attached hydrogens (tertiary/aromatic N) is 2. The summed E-state index contributed by atoms with van der Waals surface area (Å²) in [6.45, 7) is 5.54. The van der Waals surface area contributed by atoms with Crippen LogP contribution >= 0.6 is 11.5 Å². The Morgan fingerprint density at radius 1 is 1.45 bits per heavy atom. The van der Waals surface area contributed by atoms with Crippen LogP contribution in [0, 0.1) is 6.92 Å².